The fourth-order valence-corrected chi connectivity index (χ4v) is 1.96. The van der Waals surface area contributed by atoms with Gasteiger partial charge in [0.25, 0.3) is 5.91 Å². The van der Waals surface area contributed by atoms with Gasteiger partial charge in [-0.3, -0.25) is 9.78 Å². The molecule has 1 atom stereocenters. The van der Waals surface area contributed by atoms with Crippen LogP contribution in [0.15, 0.2) is 35.1 Å². The summed E-state index contributed by atoms with van der Waals surface area (Å²) >= 11 is 0. The van der Waals surface area contributed by atoms with Gasteiger partial charge in [-0.05, 0) is 37.5 Å². The van der Waals surface area contributed by atoms with E-state index in [0.717, 1.165) is 24.2 Å². The van der Waals surface area contributed by atoms with Crippen LogP contribution in [0, 0.1) is 0 Å². The molecule has 98 valence electrons. The molecule has 1 amide bonds. The van der Waals surface area contributed by atoms with Crippen molar-refractivity contribution in [2.24, 2.45) is 0 Å². The van der Waals surface area contributed by atoms with E-state index in [0.29, 0.717) is 11.6 Å². The maximum atomic E-state index is 12.0. The molecule has 19 heavy (non-hydrogen) atoms. The number of nitrogens with zero attached hydrogens (tertiary/aromatic N) is 2. The Morgan fingerprint density at radius 3 is 2.84 bits per heavy atom. The number of hydrogen-bond acceptors (Lipinski definition) is 4. The molecule has 0 bridgehead atoms. The molecule has 1 aliphatic rings. The van der Waals surface area contributed by atoms with Crippen molar-refractivity contribution in [3.8, 4) is 0 Å². The third kappa shape index (κ3) is 2.65. The van der Waals surface area contributed by atoms with Crippen LogP contribution in [0.1, 0.15) is 53.5 Å². The molecule has 0 aliphatic heterocycles. The molecule has 0 spiro atoms. The lowest BCUT2D eigenvalue weighted by Crippen LogP contribution is -2.26. The zero-order valence-electron chi connectivity index (χ0n) is 10.7. The largest absolute Gasteiger partial charge is 0.360 e. The molecule has 3 rings (SSSR count). The molecular weight excluding hydrogens is 242 g/mol. The molecule has 2 aromatic rings. The van der Waals surface area contributed by atoms with E-state index in [2.05, 4.69) is 15.5 Å². The van der Waals surface area contributed by atoms with Gasteiger partial charge in [0.15, 0.2) is 5.69 Å². The molecule has 5 heteroatoms. The van der Waals surface area contributed by atoms with E-state index in [9.17, 15) is 4.79 Å². The lowest BCUT2D eigenvalue weighted by molar-refractivity contribution is 0.0930. The molecule has 0 saturated heterocycles. The SMILES string of the molecule is C[C@H](NC(=O)c1cc(C2CC2)on1)c1ccncc1. The topological polar surface area (TPSA) is 68.0 Å². The number of nitrogens with one attached hydrogen (secondary N) is 1. The summed E-state index contributed by atoms with van der Waals surface area (Å²) in [6, 6.07) is 5.41. The summed E-state index contributed by atoms with van der Waals surface area (Å²) in [5.74, 6) is 1.08. The van der Waals surface area contributed by atoms with Crippen LogP contribution in [0.4, 0.5) is 0 Å². The summed E-state index contributed by atoms with van der Waals surface area (Å²) in [6.07, 6.45) is 5.67. The second kappa shape index (κ2) is 4.84. The van der Waals surface area contributed by atoms with E-state index < -0.39 is 0 Å². The maximum Gasteiger partial charge on any atom is 0.273 e. The Kier molecular flexibility index (Phi) is 3.03. The summed E-state index contributed by atoms with van der Waals surface area (Å²) in [6.45, 7) is 1.93. The molecule has 0 radical (unpaired) electrons. The van der Waals surface area contributed by atoms with Crippen LogP contribution in [0.3, 0.4) is 0 Å². The second-order valence-electron chi connectivity index (χ2n) is 4.86. The Labute approximate surface area is 111 Å². The average molecular weight is 257 g/mol. The fourth-order valence-electron chi connectivity index (χ4n) is 1.96. The molecule has 1 aliphatic carbocycles. The van der Waals surface area contributed by atoms with Crippen molar-refractivity contribution in [3.63, 3.8) is 0 Å². The van der Waals surface area contributed by atoms with E-state index in [1.165, 1.54) is 0 Å². The van der Waals surface area contributed by atoms with Gasteiger partial charge in [-0.15, -0.1) is 0 Å². The molecular formula is C14H15N3O2. The first-order chi connectivity index (χ1) is 9.24. The minimum absolute atomic E-state index is 0.0865. The smallest absolute Gasteiger partial charge is 0.273 e. The zero-order valence-corrected chi connectivity index (χ0v) is 10.7. The van der Waals surface area contributed by atoms with Gasteiger partial charge in [0.1, 0.15) is 5.76 Å². The van der Waals surface area contributed by atoms with E-state index in [-0.39, 0.29) is 11.9 Å². The highest BCUT2D eigenvalue weighted by molar-refractivity contribution is 5.92. The number of carbonyl (C=O) groups is 1. The lowest BCUT2D eigenvalue weighted by Gasteiger charge is -2.12. The second-order valence-corrected chi connectivity index (χ2v) is 4.86. The van der Waals surface area contributed by atoms with E-state index in [4.69, 9.17) is 4.52 Å². The third-order valence-electron chi connectivity index (χ3n) is 3.29. The van der Waals surface area contributed by atoms with Crippen molar-refractivity contribution < 1.29 is 9.32 Å². The highest BCUT2D eigenvalue weighted by atomic mass is 16.5. The van der Waals surface area contributed by atoms with Crippen LogP contribution in [-0.2, 0) is 0 Å². The highest BCUT2D eigenvalue weighted by Crippen LogP contribution is 2.40. The minimum atomic E-state index is -0.208. The lowest BCUT2D eigenvalue weighted by atomic mass is 10.1. The van der Waals surface area contributed by atoms with E-state index in [1.807, 2.05) is 19.1 Å². The van der Waals surface area contributed by atoms with Gasteiger partial charge in [0.05, 0.1) is 6.04 Å². The number of rotatable bonds is 4. The number of carbonyl (C=O) groups excluding carboxylic acids is 1. The van der Waals surface area contributed by atoms with Gasteiger partial charge in [0, 0.05) is 24.4 Å². The predicted octanol–water partition coefficient (Wildman–Crippen LogP) is 2.44. The first-order valence-corrected chi connectivity index (χ1v) is 6.41. The van der Waals surface area contributed by atoms with Crippen LogP contribution in [0.2, 0.25) is 0 Å². The minimum Gasteiger partial charge on any atom is -0.360 e. The molecule has 1 fully saturated rings. The van der Waals surface area contributed by atoms with Crippen molar-refractivity contribution in [1.82, 2.24) is 15.5 Å². The summed E-state index contributed by atoms with van der Waals surface area (Å²) < 4.78 is 5.18. The summed E-state index contributed by atoms with van der Waals surface area (Å²) in [5, 5.41) is 6.72. The Hall–Kier alpha value is -2.17. The quantitative estimate of drug-likeness (QED) is 0.913. The van der Waals surface area contributed by atoms with Crippen molar-refractivity contribution in [1.29, 1.82) is 0 Å². The van der Waals surface area contributed by atoms with Gasteiger partial charge in [0.2, 0.25) is 0 Å². The van der Waals surface area contributed by atoms with Gasteiger partial charge < -0.3 is 9.84 Å². The summed E-state index contributed by atoms with van der Waals surface area (Å²) in [7, 11) is 0. The van der Waals surface area contributed by atoms with E-state index in [1.54, 1.807) is 18.5 Å². The van der Waals surface area contributed by atoms with Crippen LogP contribution >= 0.6 is 0 Å². The molecule has 0 aromatic carbocycles. The predicted molar refractivity (Wildman–Crippen MR) is 68.6 cm³/mol. The molecule has 2 heterocycles. The number of hydrogen-bond donors (Lipinski definition) is 1. The average Bonchev–Trinajstić information content (AvgIpc) is 3.17. The monoisotopic (exact) mass is 257 g/mol. The van der Waals surface area contributed by atoms with Gasteiger partial charge in [-0.1, -0.05) is 5.16 Å². The highest BCUT2D eigenvalue weighted by Gasteiger charge is 2.29. The maximum absolute atomic E-state index is 12.0. The Morgan fingerprint density at radius 1 is 1.42 bits per heavy atom. The van der Waals surface area contributed by atoms with Crippen LogP contribution < -0.4 is 5.32 Å². The number of aromatic nitrogens is 2. The number of amides is 1. The molecule has 1 N–H and O–H groups in total. The Bertz CT molecular complexity index is 575. The molecule has 5 nitrogen and oxygen atoms in total. The van der Waals surface area contributed by atoms with Crippen molar-refractivity contribution in [3.05, 3.63) is 47.6 Å². The van der Waals surface area contributed by atoms with Gasteiger partial charge >= 0.3 is 0 Å². The fraction of sp³-hybridized carbons (Fsp3) is 0.357. The first kappa shape index (κ1) is 11.9. The third-order valence-corrected chi connectivity index (χ3v) is 3.29. The van der Waals surface area contributed by atoms with Crippen molar-refractivity contribution in [2.75, 3.05) is 0 Å². The van der Waals surface area contributed by atoms with E-state index >= 15 is 0 Å². The number of pyridine rings is 1. The Balaban J connectivity index is 1.66. The van der Waals surface area contributed by atoms with Crippen molar-refractivity contribution >= 4 is 5.91 Å². The van der Waals surface area contributed by atoms with Crippen LogP contribution in [-0.4, -0.2) is 16.0 Å². The molecule has 2 aromatic heterocycles. The molecule has 1 saturated carbocycles. The Morgan fingerprint density at radius 2 is 2.16 bits per heavy atom. The van der Waals surface area contributed by atoms with Crippen molar-refractivity contribution in [2.45, 2.75) is 31.7 Å². The van der Waals surface area contributed by atoms with Crippen LogP contribution in [0.25, 0.3) is 0 Å². The summed E-state index contributed by atoms with van der Waals surface area (Å²) in [4.78, 5) is 16.0. The van der Waals surface area contributed by atoms with Crippen LogP contribution in [0.5, 0.6) is 0 Å². The standard InChI is InChI=1S/C14H15N3O2/c1-9(10-4-6-15-7-5-10)16-14(18)12-8-13(19-17-12)11-2-3-11/h4-9,11H,2-3H2,1H3,(H,16,18)/t9-/m0/s1. The normalized spacial score (nSPS) is 16.1. The first-order valence-electron chi connectivity index (χ1n) is 6.41. The molecule has 0 unspecified atom stereocenters. The summed E-state index contributed by atoms with van der Waals surface area (Å²) in [5.41, 5.74) is 1.36. The van der Waals surface area contributed by atoms with Gasteiger partial charge in [-0.25, -0.2) is 0 Å². The zero-order chi connectivity index (χ0) is 13.2. The van der Waals surface area contributed by atoms with Gasteiger partial charge in [-0.2, -0.15) is 0 Å².